The van der Waals surface area contributed by atoms with E-state index in [1.54, 1.807) is 52.9 Å². The third-order valence-electron chi connectivity index (χ3n) is 4.92. The quantitative estimate of drug-likeness (QED) is 0.615. The predicted molar refractivity (Wildman–Crippen MR) is 124 cm³/mol. The third-order valence-corrected chi connectivity index (χ3v) is 4.92. The lowest BCUT2D eigenvalue weighted by molar-refractivity contribution is -0.145. The first kappa shape index (κ1) is 25.9. The van der Waals surface area contributed by atoms with Gasteiger partial charge >= 0.3 is 12.1 Å². The predicted octanol–water partition coefficient (Wildman–Crippen LogP) is 2.79. The average molecular weight is 460 g/mol. The highest BCUT2D eigenvalue weighted by atomic mass is 16.6. The second-order valence-electron chi connectivity index (χ2n) is 9.23. The first-order valence-corrected chi connectivity index (χ1v) is 10.8. The molecule has 0 aliphatic heterocycles. The molecule has 0 fully saturated rings. The number of esters is 1. The van der Waals surface area contributed by atoms with Crippen molar-refractivity contribution >= 4 is 34.8 Å². The zero-order valence-electron chi connectivity index (χ0n) is 20.2. The molecule has 1 aromatic heterocycles. The van der Waals surface area contributed by atoms with Crippen LogP contribution in [0.3, 0.4) is 0 Å². The Morgan fingerprint density at radius 3 is 2.24 bits per heavy atom. The molecule has 2 atom stereocenters. The minimum atomic E-state index is -1.02. The normalized spacial score (nSPS) is 13.3. The number of ether oxygens (including phenoxy) is 2. The zero-order chi connectivity index (χ0) is 24.9. The Morgan fingerprint density at radius 2 is 1.70 bits per heavy atom. The molecule has 0 aliphatic carbocycles. The van der Waals surface area contributed by atoms with Crippen LogP contribution in [-0.2, 0) is 30.3 Å². The summed E-state index contributed by atoms with van der Waals surface area (Å²) in [6, 6.07) is 5.40. The number of amides is 2. The number of carbonyl (C=O) groups excluding carboxylic acids is 4. The minimum absolute atomic E-state index is 0.0829. The highest BCUT2D eigenvalue weighted by Crippen LogP contribution is 2.24. The molecule has 0 unspecified atom stereocenters. The van der Waals surface area contributed by atoms with Crippen LogP contribution in [0.15, 0.2) is 30.5 Å². The van der Waals surface area contributed by atoms with E-state index in [-0.39, 0.29) is 18.2 Å². The van der Waals surface area contributed by atoms with Crippen LogP contribution < -0.4 is 10.6 Å². The van der Waals surface area contributed by atoms with E-state index in [1.807, 2.05) is 12.1 Å². The van der Waals surface area contributed by atoms with Crippen LogP contribution in [0.25, 0.3) is 10.9 Å². The molecular weight excluding hydrogens is 426 g/mol. The maximum atomic E-state index is 12.9. The summed E-state index contributed by atoms with van der Waals surface area (Å²) in [5.41, 5.74) is 0.601. The molecule has 0 radical (unpaired) electrons. The molecule has 0 aliphatic rings. The van der Waals surface area contributed by atoms with Gasteiger partial charge in [0.05, 0.1) is 12.6 Å². The van der Waals surface area contributed by atoms with Gasteiger partial charge in [0.15, 0.2) is 0 Å². The number of hydrogen-bond donors (Lipinski definition) is 2. The van der Waals surface area contributed by atoms with Crippen LogP contribution in [0.1, 0.15) is 47.1 Å². The molecule has 0 saturated heterocycles. The number of fused-ring (bicyclic) bond motifs is 1. The monoisotopic (exact) mass is 459 g/mol. The maximum Gasteiger partial charge on any atom is 0.419 e. The van der Waals surface area contributed by atoms with Gasteiger partial charge in [0.2, 0.25) is 11.8 Å². The van der Waals surface area contributed by atoms with Crippen molar-refractivity contribution in [2.24, 2.45) is 5.92 Å². The lowest BCUT2D eigenvalue weighted by atomic mass is 10.0. The molecule has 1 heterocycles. The molecule has 9 nitrogen and oxygen atoms in total. The van der Waals surface area contributed by atoms with Gasteiger partial charge in [-0.05, 0) is 38.3 Å². The summed E-state index contributed by atoms with van der Waals surface area (Å²) in [6.07, 6.45) is 1.14. The molecule has 2 rings (SSSR count). The number of aromatic nitrogens is 1. The van der Waals surface area contributed by atoms with Crippen molar-refractivity contribution in [3.63, 3.8) is 0 Å². The lowest BCUT2D eigenvalue weighted by Gasteiger charge is -2.24. The Labute approximate surface area is 193 Å². The first-order valence-electron chi connectivity index (χ1n) is 10.8. The number of nitrogens with one attached hydrogen (secondary N) is 2. The smallest absolute Gasteiger partial charge is 0.419 e. The van der Waals surface area contributed by atoms with Crippen molar-refractivity contribution in [2.45, 2.75) is 65.6 Å². The van der Waals surface area contributed by atoms with Gasteiger partial charge in [-0.3, -0.25) is 14.2 Å². The second-order valence-corrected chi connectivity index (χ2v) is 9.23. The Balaban J connectivity index is 2.38. The number of para-hydroxylation sites is 1. The summed E-state index contributed by atoms with van der Waals surface area (Å²) in [5.74, 6) is -1.67. The van der Waals surface area contributed by atoms with Crippen LogP contribution in [0.2, 0.25) is 0 Å². The van der Waals surface area contributed by atoms with Gasteiger partial charge in [0, 0.05) is 24.9 Å². The molecular formula is C24H33N3O6. The van der Waals surface area contributed by atoms with E-state index in [1.165, 1.54) is 18.6 Å². The Bertz CT molecular complexity index is 1030. The molecule has 0 bridgehead atoms. The average Bonchev–Trinajstić information content (AvgIpc) is 3.08. The lowest BCUT2D eigenvalue weighted by Crippen LogP contribution is -2.54. The van der Waals surface area contributed by atoms with E-state index in [0.29, 0.717) is 11.1 Å². The van der Waals surface area contributed by atoms with Crippen molar-refractivity contribution < 1.29 is 28.7 Å². The van der Waals surface area contributed by atoms with Crippen molar-refractivity contribution in [3.05, 3.63) is 36.0 Å². The van der Waals surface area contributed by atoms with Crippen LogP contribution in [0.4, 0.5) is 4.79 Å². The topological polar surface area (TPSA) is 116 Å². The number of nitrogens with zero attached hydrogens (tertiary/aromatic N) is 1. The van der Waals surface area contributed by atoms with Crippen LogP contribution >= 0.6 is 0 Å². The third kappa shape index (κ3) is 6.81. The molecule has 2 amide bonds. The van der Waals surface area contributed by atoms with Crippen LogP contribution in [0, 0.1) is 5.92 Å². The fourth-order valence-corrected chi connectivity index (χ4v) is 3.45. The van der Waals surface area contributed by atoms with E-state index < -0.39 is 35.7 Å². The SMILES string of the molecule is COC(=O)[C@H](Cc1cn(C(=O)OC(C)(C)C)c2ccccc12)NC(=O)[C@H](NC(C)=O)C(C)C. The summed E-state index contributed by atoms with van der Waals surface area (Å²) in [4.78, 5) is 49.6. The molecule has 0 saturated carbocycles. The molecule has 0 spiro atoms. The van der Waals surface area contributed by atoms with E-state index in [9.17, 15) is 19.2 Å². The van der Waals surface area contributed by atoms with Gasteiger partial charge < -0.3 is 20.1 Å². The minimum Gasteiger partial charge on any atom is -0.467 e. The van der Waals surface area contributed by atoms with Crippen molar-refractivity contribution in [2.75, 3.05) is 7.11 Å². The molecule has 2 aromatic rings. The van der Waals surface area contributed by atoms with Gasteiger partial charge in [-0.15, -0.1) is 0 Å². The van der Waals surface area contributed by atoms with Gasteiger partial charge in [0.1, 0.15) is 17.7 Å². The maximum absolute atomic E-state index is 12.9. The molecule has 2 N–H and O–H groups in total. The van der Waals surface area contributed by atoms with Crippen molar-refractivity contribution in [1.82, 2.24) is 15.2 Å². The summed E-state index contributed by atoms with van der Waals surface area (Å²) in [7, 11) is 1.24. The number of hydrogen-bond acceptors (Lipinski definition) is 6. The molecule has 33 heavy (non-hydrogen) atoms. The summed E-state index contributed by atoms with van der Waals surface area (Å²) in [6.45, 7) is 10.2. The van der Waals surface area contributed by atoms with E-state index in [2.05, 4.69) is 10.6 Å². The highest BCUT2D eigenvalue weighted by molar-refractivity contribution is 5.94. The number of carbonyl (C=O) groups is 4. The fourth-order valence-electron chi connectivity index (χ4n) is 3.45. The Morgan fingerprint density at radius 1 is 1.06 bits per heavy atom. The number of methoxy groups -OCH3 is 1. The first-order chi connectivity index (χ1) is 15.3. The summed E-state index contributed by atoms with van der Waals surface area (Å²) >= 11 is 0. The second kappa shape index (κ2) is 10.5. The van der Waals surface area contributed by atoms with Crippen molar-refractivity contribution in [3.8, 4) is 0 Å². The van der Waals surface area contributed by atoms with E-state index >= 15 is 0 Å². The van der Waals surface area contributed by atoms with E-state index in [4.69, 9.17) is 9.47 Å². The molecule has 180 valence electrons. The van der Waals surface area contributed by atoms with Crippen LogP contribution in [0.5, 0.6) is 0 Å². The Hall–Kier alpha value is -3.36. The fraction of sp³-hybridized carbons (Fsp3) is 0.500. The Kier molecular flexibility index (Phi) is 8.24. The van der Waals surface area contributed by atoms with Gasteiger partial charge in [-0.1, -0.05) is 32.0 Å². The van der Waals surface area contributed by atoms with E-state index in [0.717, 1.165) is 5.39 Å². The van der Waals surface area contributed by atoms with Crippen LogP contribution in [-0.4, -0.2) is 53.2 Å². The standard InChI is InChI=1S/C24H33N3O6/c1-14(2)20(25-15(3)28)21(29)26-18(22(30)32-7)12-16-13-27(23(31)33-24(4,5)6)19-11-9-8-10-17(16)19/h8-11,13-14,18,20H,12H2,1-7H3,(H,25,28)(H,26,29)/t18-,20+/m0/s1. The number of benzene rings is 1. The molecule has 1 aromatic carbocycles. The van der Waals surface area contributed by atoms with Gasteiger partial charge in [-0.25, -0.2) is 9.59 Å². The zero-order valence-corrected chi connectivity index (χ0v) is 20.2. The van der Waals surface area contributed by atoms with Crippen molar-refractivity contribution in [1.29, 1.82) is 0 Å². The summed E-state index contributed by atoms with van der Waals surface area (Å²) < 4.78 is 11.8. The van der Waals surface area contributed by atoms with Gasteiger partial charge in [-0.2, -0.15) is 0 Å². The van der Waals surface area contributed by atoms with Gasteiger partial charge in [0.25, 0.3) is 0 Å². The summed E-state index contributed by atoms with van der Waals surface area (Å²) in [5, 5.41) is 6.04. The highest BCUT2D eigenvalue weighted by Gasteiger charge is 2.30. The largest absolute Gasteiger partial charge is 0.467 e. The molecule has 9 heteroatoms. The number of rotatable bonds is 7.